The van der Waals surface area contributed by atoms with Crippen molar-refractivity contribution in [1.82, 2.24) is 4.98 Å². The van der Waals surface area contributed by atoms with Crippen molar-refractivity contribution >= 4 is 23.6 Å². The summed E-state index contributed by atoms with van der Waals surface area (Å²) in [5.41, 5.74) is 12.5. The summed E-state index contributed by atoms with van der Waals surface area (Å²) in [6, 6.07) is 3.60. The van der Waals surface area contributed by atoms with Crippen LogP contribution in [0.2, 0.25) is 0 Å². The number of rotatable bonds is 7. The lowest BCUT2D eigenvalue weighted by molar-refractivity contribution is -0.901. The Balaban J connectivity index is 1.74. The van der Waals surface area contributed by atoms with Crippen molar-refractivity contribution in [1.29, 1.82) is 0 Å². The lowest BCUT2D eigenvalue weighted by Gasteiger charge is -2.46. The first kappa shape index (κ1) is 23.7. The third-order valence-electron chi connectivity index (χ3n) is 8.29. The number of quaternary nitrogens is 1. The molecule has 1 unspecified atom stereocenters. The van der Waals surface area contributed by atoms with E-state index in [2.05, 4.69) is 4.98 Å². The molecule has 2 amide bonds. The van der Waals surface area contributed by atoms with Crippen molar-refractivity contribution in [2.45, 2.75) is 89.8 Å². The van der Waals surface area contributed by atoms with E-state index in [0.717, 1.165) is 49.8 Å². The second-order valence-corrected chi connectivity index (χ2v) is 10.3. The van der Waals surface area contributed by atoms with Gasteiger partial charge in [0.25, 0.3) is 5.91 Å². The number of primary amides is 1. The number of hydrogen-bond acceptors (Lipinski definition) is 6. The number of carbonyl (C=O) groups is 3. The number of hydrogen-bond donors (Lipinski definition) is 2. The fourth-order valence-corrected chi connectivity index (χ4v) is 6.57. The minimum atomic E-state index is -0.936. The molecule has 1 saturated heterocycles. The number of fused-ring (bicyclic) bond motifs is 1. The number of pyridine rings is 1. The van der Waals surface area contributed by atoms with Crippen molar-refractivity contribution < 1.29 is 23.6 Å². The van der Waals surface area contributed by atoms with Gasteiger partial charge in [-0.15, -0.1) is 0 Å². The molecular formula is C25H37N4O4+. The molecule has 0 radical (unpaired) electrons. The Bertz CT molecular complexity index is 944. The Morgan fingerprint density at radius 3 is 2.55 bits per heavy atom. The van der Waals surface area contributed by atoms with Crippen LogP contribution < -0.4 is 11.5 Å². The van der Waals surface area contributed by atoms with E-state index >= 15 is 0 Å². The number of likely N-dealkylation sites (tertiary alicyclic amines) is 1. The van der Waals surface area contributed by atoms with Crippen molar-refractivity contribution in [3.8, 4) is 0 Å². The predicted molar refractivity (Wildman–Crippen MR) is 123 cm³/mol. The molecule has 0 bridgehead atoms. The number of aryl methyl sites for hydroxylation is 1. The molecular weight excluding hydrogens is 420 g/mol. The summed E-state index contributed by atoms with van der Waals surface area (Å²) in [6.07, 6.45) is 7.50. The van der Waals surface area contributed by atoms with Crippen LogP contribution in [0.4, 0.5) is 5.82 Å². The van der Waals surface area contributed by atoms with Crippen LogP contribution in [-0.4, -0.2) is 45.4 Å². The number of aromatic nitrogens is 1. The maximum Gasteiger partial charge on any atom is 0.355 e. The minimum Gasteiger partial charge on any atom is -0.448 e. The highest BCUT2D eigenvalue weighted by Crippen LogP contribution is 2.59. The second kappa shape index (κ2) is 9.05. The molecule has 0 spiro atoms. The van der Waals surface area contributed by atoms with Gasteiger partial charge in [0.05, 0.1) is 6.54 Å². The number of ether oxygens (including phenoxy) is 1. The van der Waals surface area contributed by atoms with E-state index in [4.69, 9.17) is 16.2 Å². The number of anilines is 1. The molecule has 1 aliphatic heterocycles. The molecule has 4 atom stereocenters. The van der Waals surface area contributed by atoms with E-state index in [1.165, 1.54) is 13.3 Å². The van der Waals surface area contributed by atoms with Crippen LogP contribution in [0.5, 0.6) is 0 Å². The highest BCUT2D eigenvalue weighted by atomic mass is 16.5. The number of carbonyl (C=O) groups excluding carboxylic acids is 3. The van der Waals surface area contributed by atoms with Crippen LogP contribution >= 0.6 is 0 Å². The molecule has 33 heavy (non-hydrogen) atoms. The third kappa shape index (κ3) is 4.25. The molecule has 0 aromatic carbocycles. The van der Waals surface area contributed by atoms with Crippen LogP contribution in [0.15, 0.2) is 12.1 Å². The number of nitrogen functional groups attached to an aromatic ring is 1. The first-order chi connectivity index (χ1) is 15.7. The van der Waals surface area contributed by atoms with E-state index in [-0.39, 0.29) is 16.3 Å². The Morgan fingerprint density at radius 1 is 1.18 bits per heavy atom. The zero-order valence-corrected chi connectivity index (χ0v) is 19.8. The zero-order valence-electron chi connectivity index (χ0n) is 19.8. The third-order valence-corrected chi connectivity index (χ3v) is 8.29. The van der Waals surface area contributed by atoms with Gasteiger partial charge in [0, 0.05) is 36.9 Å². The summed E-state index contributed by atoms with van der Waals surface area (Å²) in [6.45, 7) is 4.02. The summed E-state index contributed by atoms with van der Waals surface area (Å²) < 4.78 is 5.60. The summed E-state index contributed by atoms with van der Waals surface area (Å²) in [4.78, 5) is 43.7. The number of nitrogens with two attached hydrogens (primary N) is 2. The molecule has 4 N–H and O–H groups in total. The molecule has 2 aliphatic carbocycles. The molecule has 8 nitrogen and oxygen atoms in total. The van der Waals surface area contributed by atoms with Crippen LogP contribution in [0.3, 0.4) is 0 Å². The van der Waals surface area contributed by atoms with Gasteiger partial charge in [-0.1, -0.05) is 32.1 Å². The molecule has 4 rings (SSSR count). The average molecular weight is 458 g/mol. The largest absolute Gasteiger partial charge is 0.448 e. The fraction of sp³-hybridized carbons (Fsp3) is 0.680. The normalized spacial score (nSPS) is 30.2. The first-order valence-electron chi connectivity index (χ1n) is 12.3. The van der Waals surface area contributed by atoms with Gasteiger partial charge in [-0.05, 0) is 37.8 Å². The van der Waals surface area contributed by atoms with Gasteiger partial charge in [0.2, 0.25) is 6.10 Å². The maximum atomic E-state index is 14.4. The number of nitrogens with zero attached hydrogens (tertiary/aromatic N) is 2. The van der Waals surface area contributed by atoms with Crippen LogP contribution in [0.1, 0.15) is 76.0 Å². The lowest BCUT2D eigenvalue weighted by atomic mass is 9.84. The van der Waals surface area contributed by atoms with Gasteiger partial charge in [0.1, 0.15) is 12.4 Å². The monoisotopic (exact) mass is 457 g/mol. The Labute approximate surface area is 195 Å². The van der Waals surface area contributed by atoms with Crippen LogP contribution in [0, 0.1) is 18.8 Å². The smallest absolute Gasteiger partial charge is 0.355 e. The van der Waals surface area contributed by atoms with Gasteiger partial charge in [-0.25, -0.2) is 14.3 Å². The number of piperidine rings is 1. The Morgan fingerprint density at radius 2 is 1.91 bits per heavy atom. The van der Waals surface area contributed by atoms with Gasteiger partial charge in [-0.2, -0.15) is 0 Å². The first-order valence-corrected chi connectivity index (χ1v) is 12.3. The average Bonchev–Trinajstić information content (AvgIpc) is 3.52. The Kier molecular flexibility index (Phi) is 6.49. The molecule has 3 fully saturated rings. The second-order valence-electron chi connectivity index (χ2n) is 10.3. The zero-order chi connectivity index (χ0) is 23.8. The van der Waals surface area contributed by atoms with Crippen molar-refractivity contribution in [2.24, 2.45) is 17.6 Å². The van der Waals surface area contributed by atoms with Gasteiger partial charge >= 0.3 is 11.9 Å². The van der Waals surface area contributed by atoms with E-state index in [0.29, 0.717) is 37.7 Å². The van der Waals surface area contributed by atoms with E-state index in [9.17, 15) is 14.4 Å². The highest BCUT2D eigenvalue weighted by Gasteiger charge is 2.77. The van der Waals surface area contributed by atoms with E-state index < -0.39 is 23.5 Å². The molecule has 1 aromatic heterocycles. The van der Waals surface area contributed by atoms with Crippen LogP contribution in [-0.2, 0) is 25.7 Å². The van der Waals surface area contributed by atoms with E-state index in [1.54, 1.807) is 6.07 Å². The van der Waals surface area contributed by atoms with Crippen molar-refractivity contribution in [3.05, 3.63) is 23.4 Å². The van der Waals surface area contributed by atoms with Crippen molar-refractivity contribution in [2.75, 3.05) is 12.3 Å². The number of amides is 2. The molecule has 1 aromatic rings. The van der Waals surface area contributed by atoms with Crippen molar-refractivity contribution in [3.63, 3.8) is 0 Å². The molecule has 8 heteroatoms. The summed E-state index contributed by atoms with van der Waals surface area (Å²) >= 11 is 0. The molecule has 180 valence electrons. The maximum absolute atomic E-state index is 14.4. The quantitative estimate of drug-likeness (QED) is 0.479. The summed E-state index contributed by atoms with van der Waals surface area (Å²) in [5.74, 6) is -0.241. The predicted octanol–water partition coefficient (Wildman–Crippen LogP) is 2.76. The molecule has 2 heterocycles. The number of esters is 1. The topological polar surface area (TPSA) is 125 Å². The lowest BCUT2D eigenvalue weighted by Crippen LogP contribution is -2.70. The van der Waals surface area contributed by atoms with Gasteiger partial charge < -0.3 is 16.2 Å². The van der Waals surface area contributed by atoms with Crippen LogP contribution in [0.25, 0.3) is 0 Å². The van der Waals surface area contributed by atoms with Gasteiger partial charge in [0.15, 0.2) is 5.54 Å². The highest BCUT2D eigenvalue weighted by molar-refractivity contribution is 5.91. The van der Waals surface area contributed by atoms with Gasteiger partial charge in [-0.3, -0.25) is 9.59 Å². The SMILES string of the molecule is CC(=O)O[C@H](CC1CCCCC1)C(=O)[N+]1(Cc2ccc(N)nc2C)CCC[C@@H]2C[C@@]21C(N)=O. The molecule has 2 saturated carbocycles. The molecule has 3 aliphatic rings. The summed E-state index contributed by atoms with van der Waals surface area (Å²) in [7, 11) is 0. The summed E-state index contributed by atoms with van der Waals surface area (Å²) in [5, 5.41) is 0. The minimum absolute atomic E-state index is 0.0793. The Hall–Kier alpha value is -2.48. The fourth-order valence-electron chi connectivity index (χ4n) is 6.57. The standard InChI is InChI=1S/C25H36N4O4/c1-16-19(10-11-22(26)28-16)15-29(12-6-9-20-14-25(20,29)24(27)32)23(31)21(33-17(2)30)13-18-7-4-3-5-8-18/h10-11,18,20-21H,3-9,12-15H2,1-2H3,(H3-,26,27,28,32)/p+1/t20-,21-,25+,29?/m1/s1. The van der Waals surface area contributed by atoms with E-state index in [1.807, 2.05) is 13.0 Å².